The third-order valence-corrected chi connectivity index (χ3v) is 5.57. The van der Waals surface area contributed by atoms with E-state index in [2.05, 4.69) is 19.1 Å². The van der Waals surface area contributed by atoms with Crippen molar-refractivity contribution in [3.05, 3.63) is 64.1 Å². The highest BCUT2D eigenvalue weighted by molar-refractivity contribution is 8.26. The first kappa shape index (κ1) is 19.5. The monoisotopic (exact) mass is 399 g/mol. The number of amides is 1. The number of hydrogen-bond donors (Lipinski definition) is 0. The highest BCUT2D eigenvalue weighted by Crippen LogP contribution is 2.34. The lowest BCUT2D eigenvalue weighted by molar-refractivity contribution is -0.121. The van der Waals surface area contributed by atoms with Crippen molar-refractivity contribution in [2.75, 3.05) is 13.7 Å². The minimum atomic E-state index is -0.0498. The maximum Gasteiger partial charge on any atom is 0.266 e. The Morgan fingerprint density at radius 2 is 1.89 bits per heavy atom. The van der Waals surface area contributed by atoms with E-state index in [1.807, 2.05) is 43.3 Å². The lowest BCUT2D eigenvalue weighted by Crippen LogP contribution is -2.27. The van der Waals surface area contributed by atoms with Crippen LogP contribution >= 0.6 is 24.0 Å². The molecule has 0 spiro atoms. The van der Waals surface area contributed by atoms with Crippen molar-refractivity contribution in [3.63, 3.8) is 0 Å². The standard InChI is InChI=1S/C21H21NO3S2/c1-4-22-20(23)19(27-21(22)26)12-16-9-10-17(18(11-16)24-3)25-13-15-7-5-14(2)6-8-15/h5-12H,4,13H2,1-3H3/b19-12-. The molecule has 1 fully saturated rings. The van der Waals surface area contributed by atoms with Crippen molar-refractivity contribution in [1.82, 2.24) is 4.90 Å². The van der Waals surface area contributed by atoms with Crippen LogP contribution in [0.15, 0.2) is 47.4 Å². The predicted molar refractivity (Wildman–Crippen MR) is 114 cm³/mol. The van der Waals surface area contributed by atoms with Gasteiger partial charge in [-0.25, -0.2) is 0 Å². The van der Waals surface area contributed by atoms with Crippen LogP contribution in [0.4, 0.5) is 0 Å². The smallest absolute Gasteiger partial charge is 0.266 e. The summed E-state index contributed by atoms with van der Waals surface area (Å²) in [5, 5.41) is 0. The molecule has 0 saturated carbocycles. The Morgan fingerprint density at radius 3 is 2.52 bits per heavy atom. The fourth-order valence-electron chi connectivity index (χ4n) is 2.66. The molecule has 0 bridgehead atoms. The first-order chi connectivity index (χ1) is 13.0. The van der Waals surface area contributed by atoms with E-state index in [1.54, 1.807) is 12.0 Å². The molecule has 6 heteroatoms. The molecule has 1 amide bonds. The summed E-state index contributed by atoms with van der Waals surface area (Å²) in [5.74, 6) is 1.24. The summed E-state index contributed by atoms with van der Waals surface area (Å²) in [7, 11) is 1.61. The molecule has 1 saturated heterocycles. The average Bonchev–Trinajstić information content (AvgIpc) is 2.94. The zero-order valence-corrected chi connectivity index (χ0v) is 17.2. The number of hydrogen-bond acceptors (Lipinski definition) is 5. The molecule has 1 aliphatic heterocycles. The largest absolute Gasteiger partial charge is 0.493 e. The van der Waals surface area contributed by atoms with Gasteiger partial charge in [0.05, 0.1) is 12.0 Å². The van der Waals surface area contributed by atoms with Gasteiger partial charge in [0.15, 0.2) is 11.5 Å². The summed E-state index contributed by atoms with van der Waals surface area (Å²) in [5.41, 5.74) is 3.18. The number of ether oxygens (including phenoxy) is 2. The first-order valence-corrected chi connectivity index (χ1v) is 9.86. The fourth-order valence-corrected chi connectivity index (χ4v) is 4.05. The van der Waals surface area contributed by atoms with E-state index in [0.29, 0.717) is 33.9 Å². The average molecular weight is 400 g/mol. The predicted octanol–water partition coefficient (Wildman–Crippen LogP) is 4.80. The Balaban J connectivity index is 1.76. The van der Waals surface area contributed by atoms with Gasteiger partial charge in [-0.3, -0.25) is 9.69 Å². The number of likely N-dealkylation sites (N-methyl/N-ethyl adjacent to an activating group) is 1. The van der Waals surface area contributed by atoms with Gasteiger partial charge in [0.2, 0.25) is 0 Å². The van der Waals surface area contributed by atoms with Gasteiger partial charge in [-0.2, -0.15) is 0 Å². The second kappa shape index (κ2) is 8.59. The summed E-state index contributed by atoms with van der Waals surface area (Å²) >= 11 is 6.58. The van der Waals surface area contributed by atoms with Crippen molar-refractivity contribution < 1.29 is 14.3 Å². The highest BCUT2D eigenvalue weighted by atomic mass is 32.2. The number of thioether (sulfide) groups is 1. The summed E-state index contributed by atoms with van der Waals surface area (Å²) in [6.07, 6.45) is 1.83. The van der Waals surface area contributed by atoms with Gasteiger partial charge in [0.1, 0.15) is 10.9 Å². The van der Waals surface area contributed by atoms with Crippen LogP contribution in [0.2, 0.25) is 0 Å². The molecule has 1 heterocycles. The SMILES string of the molecule is CCN1C(=O)/C(=C/c2ccc(OCc3ccc(C)cc3)c(OC)c2)SC1=S. The molecule has 0 N–H and O–H groups in total. The molecule has 3 rings (SSSR count). The van der Waals surface area contributed by atoms with E-state index in [0.717, 1.165) is 11.1 Å². The molecule has 1 aliphatic rings. The molecule has 0 unspecified atom stereocenters. The lowest BCUT2D eigenvalue weighted by atomic mass is 10.1. The number of benzene rings is 2. The molecule has 140 valence electrons. The third kappa shape index (κ3) is 4.51. The van der Waals surface area contributed by atoms with E-state index < -0.39 is 0 Å². The number of aryl methyl sites for hydroxylation is 1. The van der Waals surface area contributed by atoms with Gasteiger partial charge in [-0.05, 0) is 43.2 Å². The van der Waals surface area contributed by atoms with E-state index in [1.165, 1.54) is 17.3 Å². The third-order valence-electron chi connectivity index (χ3n) is 4.19. The summed E-state index contributed by atoms with van der Waals surface area (Å²) < 4.78 is 12.0. The van der Waals surface area contributed by atoms with Gasteiger partial charge < -0.3 is 9.47 Å². The first-order valence-electron chi connectivity index (χ1n) is 8.63. The Bertz CT molecular complexity index is 891. The van der Waals surface area contributed by atoms with E-state index in [4.69, 9.17) is 21.7 Å². The highest BCUT2D eigenvalue weighted by Gasteiger charge is 2.30. The summed E-state index contributed by atoms with van der Waals surface area (Å²) in [6.45, 7) is 5.01. The van der Waals surface area contributed by atoms with Crippen LogP contribution in [0.3, 0.4) is 0 Å². The Kier molecular flexibility index (Phi) is 6.19. The molecule has 2 aromatic rings. The summed E-state index contributed by atoms with van der Waals surface area (Å²) in [4.78, 5) is 14.6. The second-order valence-corrected chi connectivity index (χ2v) is 7.79. The van der Waals surface area contributed by atoms with E-state index in [-0.39, 0.29) is 5.91 Å². The van der Waals surface area contributed by atoms with Crippen molar-refractivity contribution in [2.45, 2.75) is 20.5 Å². The van der Waals surface area contributed by atoms with Gasteiger partial charge in [-0.1, -0.05) is 59.9 Å². The van der Waals surface area contributed by atoms with Crippen molar-refractivity contribution in [3.8, 4) is 11.5 Å². The fraction of sp³-hybridized carbons (Fsp3) is 0.238. The van der Waals surface area contributed by atoms with Gasteiger partial charge in [-0.15, -0.1) is 0 Å². The van der Waals surface area contributed by atoms with Crippen molar-refractivity contribution in [2.24, 2.45) is 0 Å². The zero-order chi connectivity index (χ0) is 19.4. The molecule has 27 heavy (non-hydrogen) atoms. The molecule has 0 aromatic heterocycles. The van der Waals surface area contributed by atoms with Crippen molar-refractivity contribution in [1.29, 1.82) is 0 Å². The molecule has 0 aliphatic carbocycles. The normalized spacial score (nSPS) is 15.5. The van der Waals surface area contributed by atoms with Crippen LogP contribution in [0.5, 0.6) is 11.5 Å². The molecule has 0 radical (unpaired) electrons. The molecule has 0 atom stereocenters. The Labute approximate surface area is 169 Å². The minimum Gasteiger partial charge on any atom is -0.493 e. The maximum atomic E-state index is 12.3. The van der Waals surface area contributed by atoms with E-state index >= 15 is 0 Å². The number of carbonyl (C=O) groups excluding carboxylic acids is 1. The molecule has 2 aromatic carbocycles. The number of rotatable bonds is 6. The number of carbonyl (C=O) groups is 1. The quantitative estimate of drug-likeness (QED) is 0.515. The van der Waals surface area contributed by atoms with Gasteiger partial charge in [0.25, 0.3) is 5.91 Å². The van der Waals surface area contributed by atoms with Crippen LogP contribution in [-0.2, 0) is 11.4 Å². The number of thiocarbonyl (C=S) groups is 1. The maximum absolute atomic E-state index is 12.3. The van der Waals surface area contributed by atoms with Crippen LogP contribution in [0.1, 0.15) is 23.6 Å². The van der Waals surface area contributed by atoms with Crippen LogP contribution < -0.4 is 9.47 Å². The van der Waals surface area contributed by atoms with Crippen LogP contribution in [-0.4, -0.2) is 28.8 Å². The number of methoxy groups -OCH3 is 1. The Morgan fingerprint density at radius 1 is 1.15 bits per heavy atom. The zero-order valence-electron chi connectivity index (χ0n) is 15.5. The topological polar surface area (TPSA) is 38.8 Å². The lowest BCUT2D eigenvalue weighted by Gasteiger charge is -2.12. The van der Waals surface area contributed by atoms with Crippen LogP contribution in [0, 0.1) is 6.92 Å². The minimum absolute atomic E-state index is 0.0498. The van der Waals surface area contributed by atoms with E-state index in [9.17, 15) is 4.79 Å². The molecular weight excluding hydrogens is 378 g/mol. The molecular formula is C21H21NO3S2. The Hall–Kier alpha value is -2.31. The second-order valence-electron chi connectivity index (χ2n) is 6.11. The summed E-state index contributed by atoms with van der Waals surface area (Å²) in [6, 6.07) is 13.8. The van der Waals surface area contributed by atoms with Crippen LogP contribution in [0.25, 0.3) is 6.08 Å². The molecule has 4 nitrogen and oxygen atoms in total. The van der Waals surface area contributed by atoms with Gasteiger partial charge in [0, 0.05) is 6.54 Å². The van der Waals surface area contributed by atoms with Gasteiger partial charge >= 0.3 is 0 Å². The van der Waals surface area contributed by atoms with Crippen molar-refractivity contribution >= 4 is 40.3 Å². The number of nitrogens with zero attached hydrogens (tertiary/aromatic N) is 1.